The van der Waals surface area contributed by atoms with Gasteiger partial charge in [0, 0.05) is 12.7 Å². The van der Waals surface area contributed by atoms with E-state index in [1.807, 2.05) is 26.0 Å². The van der Waals surface area contributed by atoms with Crippen LogP contribution in [0.5, 0.6) is 0 Å². The van der Waals surface area contributed by atoms with Crippen LogP contribution < -0.4 is 5.32 Å². The average molecular weight is 247 g/mol. The molecule has 0 radical (unpaired) electrons. The summed E-state index contributed by atoms with van der Waals surface area (Å²) in [5.41, 5.74) is 2.39. The third-order valence-electron chi connectivity index (χ3n) is 3.70. The number of piperidine rings is 1. The van der Waals surface area contributed by atoms with E-state index < -0.39 is 5.60 Å². The number of nitrogens with one attached hydrogen (secondary N) is 1. The number of ether oxygens (including phenoxy) is 1. The van der Waals surface area contributed by atoms with E-state index in [9.17, 15) is 4.79 Å². The third-order valence-corrected chi connectivity index (χ3v) is 3.70. The van der Waals surface area contributed by atoms with Gasteiger partial charge < -0.3 is 10.1 Å². The smallest absolute Gasteiger partial charge is 0.194 e. The minimum Gasteiger partial charge on any atom is -0.370 e. The van der Waals surface area contributed by atoms with Gasteiger partial charge in [0.05, 0.1) is 0 Å². The highest BCUT2D eigenvalue weighted by Crippen LogP contribution is 2.27. The van der Waals surface area contributed by atoms with Crippen LogP contribution in [0.25, 0.3) is 0 Å². The second-order valence-electron chi connectivity index (χ2n) is 5.15. The number of Topliss-reactive ketones (excluding diaryl/α,β-unsaturated/α-hetero) is 1. The van der Waals surface area contributed by atoms with Crippen molar-refractivity contribution in [2.75, 3.05) is 20.2 Å². The molecule has 1 aromatic carbocycles. The maximum absolute atomic E-state index is 12.7. The number of carbonyl (C=O) groups excluding carboxylic acids is 1. The fourth-order valence-electron chi connectivity index (χ4n) is 2.72. The van der Waals surface area contributed by atoms with E-state index in [1.165, 1.54) is 0 Å². The van der Waals surface area contributed by atoms with Crippen molar-refractivity contribution in [3.05, 3.63) is 34.9 Å². The Morgan fingerprint density at radius 2 is 1.72 bits per heavy atom. The fourth-order valence-corrected chi connectivity index (χ4v) is 2.72. The first-order valence-electron chi connectivity index (χ1n) is 6.46. The highest BCUT2D eigenvalue weighted by molar-refractivity contribution is 6.02. The standard InChI is InChI=1S/C15H21NO2/c1-11-8-12(2)10-13(9-11)14(17)15(18-3)4-6-16-7-5-15/h8-10,16H,4-7H2,1-3H3. The zero-order valence-electron chi connectivity index (χ0n) is 11.4. The van der Waals surface area contributed by atoms with E-state index in [0.717, 1.165) is 42.6 Å². The van der Waals surface area contributed by atoms with Crippen molar-refractivity contribution in [3.63, 3.8) is 0 Å². The molecule has 1 fully saturated rings. The summed E-state index contributed by atoms with van der Waals surface area (Å²) in [7, 11) is 1.64. The van der Waals surface area contributed by atoms with Crippen molar-refractivity contribution in [2.24, 2.45) is 0 Å². The van der Waals surface area contributed by atoms with E-state index in [2.05, 4.69) is 11.4 Å². The molecule has 0 aliphatic carbocycles. The molecular weight excluding hydrogens is 226 g/mol. The summed E-state index contributed by atoms with van der Waals surface area (Å²) >= 11 is 0. The van der Waals surface area contributed by atoms with Gasteiger partial charge in [-0.3, -0.25) is 4.79 Å². The molecule has 0 bridgehead atoms. The second-order valence-corrected chi connectivity index (χ2v) is 5.15. The first kappa shape index (κ1) is 13.2. The summed E-state index contributed by atoms with van der Waals surface area (Å²) in [5.74, 6) is 0.123. The molecule has 1 aromatic rings. The minimum absolute atomic E-state index is 0.123. The van der Waals surface area contributed by atoms with Crippen molar-refractivity contribution >= 4 is 5.78 Å². The molecule has 0 unspecified atom stereocenters. The monoisotopic (exact) mass is 247 g/mol. The van der Waals surface area contributed by atoms with Gasteiger partial charge in [-0.15, -0.1) is 0 Å². The number of ketones is 1. The number of benzene rings is 1. The number of aryl methyl sites for hydroxylation is 2. The summed E-state index contributed by atoms with van der Waals surface area (Å²) in [6, 6.07) is 5.99. The Bertz CT molecular complexity index is 428. The Kier molecular flexibility index (Phi) is 3.83. The SMILES string of the molecule is COC1(C(=O)c2cc(C)cc(C)c2)CCNCC1. The molecule has 2 rings (SSSR count). The summed E-state index contributed by atoms with van der Waals surface area (Å²) in [4.78, 5) is 12.7. The topological polar surface area (TPSA) is 38.3 Å². The van der Waals surface area contributed by atoms with Crippen molar-refractivity contribution in [3.8, 4) is 0 Å². The molecular formula is C15H21NO2. The Balaban J connectivity index is 2.33. The molecule has 0 atom stereocenters. The summed E-state index contributed by atoms with van der Waals surface area (Å²) in [5, 5.41) is 3.27. The first-order valence-corrected chi connectivity index (χ1v) is 6.46. The van der Waals surface area contributed by atoms with E-state index in [0.29, 0.717) is 0 Å². The molecule has 1 N–H and O–H groups in total. The maximum Gasteiger partial charge on any atom is 0.194 e. The van der Waals surface area contributed by atoms with Crippen LogP contribution in [0.4, 0.5) is 0 Å². The Labute approximate surface area is 109 Å². The van der Waals surface area contributed by atoms with Gasteiger partial charge in [-0.25, -0.2) is 0 Å². The van der Waals surface area contributed by atoms with Crippen LogP contribution in [-0.4, -0.2) is 31.6 Å². The molecule has 0 spiro atoms. The van der Waals surface area contributed by atoms with Crippen LogP contribution in [0.15, 0.2) is 18.2 Å². The lowest BCUT2D eigenvalue weighted by Gasteiger charge is -2.35. The van der Waals surface area contributed by atoms with Gasteiger partial charge in [-0.2, -0.15) is 0 Å². The first-order chi connectivity index (χ1) is 8.57. The van der Waals surface area contributed by atoms with Gasteiger partial charge >= 0.3 is 0 Å². The lowest BCUT2D eigenvalue weighted by atomic mass is 9.83. The van der Waals surface area contributed by atoms with Crippen LogP contribution in [-0.2, 0) is 4.74 Å². The van der Waals surface area contributed by atoms with Gasteiger partial charge in [0.25, 0.3) is 0 Å². The Hall–Kier alpha value is -1.19. The van der Waals surface area contributed by atoms with Crippen LogP contribution >= 0.6 is 0 Å². The van der Waals surface area contributed by atoms with Crippen LogP contribution in [0, 0.1) is 13.8 Å². The lowest BCUT2D eigenvalue weighted by Crippen LogP contribution is -2.49. The summed E-state index contributed by atoms with van der Waals surface area (Å²) in [6.07, 6.45) is 1.49. The van der Waals surface area contributed by atoms with E-state index >= 15 is 0 Å². The van der Waals surface area contributed by atoms with Gasteiger partial charge in [0.1, 0.15) is 5.60 Å². The summed E-state index contributed by atoms with van der Waals surface area (Å²) in [6.45, 7) is 5.71. The van der Waals surface area contributed by atoms with Crippen molar-refractivity contribution in [1.29, 1.82) is 0 Å². The maximum atomic E-state index is 12.7. The quantitative estimate of drug-likeness (QED) is 0.833. The highest BCUT2D eigenvalue weighted by atomic mass is 16.5. The molecule has 0 saturated carbocycles. The fraction of sp³-hybridized carbons (Fsp3) is 0.533. The Morgan fingerprint density at radius 1 is 1.17 bits per heavy atom. The highest BCUT2D eigenvalue weighted by Gasteiger charge is 2.40. The normalized spacial score (nSPS) is 18.6. The van der Waals surface area contributed by atoms with Gasteiger partial charge in [0.2, 0.25) is 0 Å². The van der Waals surface area contributed by atoms with E-state index in [-0.39, 0.29) is 5.78 Å². The van der Waals surface area contributed by atoms with Crippen molar-refractivity contribution in [1.82, 2.24) is 5.32 Å². The second kappa shape index (κ2) is 5.21. The predicted octanol–water partition coefficient (Wildman–Crippen LogP) is 2.25. The predicted molar refractivity (Wildman–Crippen MR) is 72.1 cm³/mol. The molecule has 0 amide bonds. The number of carbonyl (C=O) groups is 1. The van der Waals surface area contributed by atoms with Gasteiger partial charge in [-0.05, 0) is 51.9 Å². The van der Waals surface area contributed by atoms with E-state index in [1.54, 1.807) is 7.11 Å². The van der Waals surface area contributed by atoms with Crippen LogP contribution in [0.3, 0.4) is 0 Å². The zero-order chi connectivity index (χ0) is 13.2. The average Bonchev–Trinajstić information content (AvgIpc) is 2.37. The number of hydrogen-bond acceptors (Lipinski definition) is 3. The molecule has 1 aliphatic heterocycles. The Morgan fingerprint density at radius 3 is 2.22 bits per heavy atom. The zero-order valence-corrected chi connectivity index (χ0v) is 11.4. The molecule has 98 valence electrons. The largest absolute Gasteiger partial charge is 0.370 e. The molecule has 1 saturated heterocycles. The van der Waals surface area contributed by atoms with Crippen molar-refractivity contribution < 1.29 is 9.53 Å². The molecule has 1 aliphatic rings. The van der Waals surface area contributed by atoms with Gasteiger partial charge in [0.15, 0.2) is 5.78 Å². The van der Waals surface area contributed by atoms with E-state index in [4.69, 9.17) is 4.74 Å². The summed E-state index contributed by atoms with van der Waals surface area (Å²) < 4.78 is 5.59. The van der Waals surface area contributed by atoms with Crippen LogP contribution in [0.1, 0.15) is 34.3 Å². The number of rotatable bonds is 3. The number of methoxy groups -OCH3 is 1. The molecule has 3 heteroatoms. The van der Waals surface area contributed by atoms with Crippen LogP contribution in [0.2, 0.25) is 0 Å². The minimum atomic E-state index is -0.633. The third kappa shape index (κ3) is 2.47. The molecule has 3 nitrogen and oxygen atoms in total. The molecule has 18 heavy (non-hydrogen) atoms. The van der Waals surface area contributed by atoms with Gasteiger partial charge in [-0.1, -0.05) is 17.2 Å². The molecule has 1 heterocycles. The molecule has 0 aromatic heterocycles. The number of hydrogen-bond donors (Lipinski definition) is 1. The van der Waals surface area contributed by atoms with Crippen molar-refractivity contribution in [2.45, 2.75) is 32.3 Å². The lowest BCUT2D eigenvalue weighted by molar-refractivity contribution is -0.0154.